The van der Waals surface area contributed by atoms with E-state index in [1.165, 1.54) is 5.56 Å². The summed E-state index contributed by atoms with van der Waals surface area (Å²) in [6.07, 6.45) is 0.952. The molecule has 1 fully saturated rings. The number of ether oxygens (including phenoxy) is 1. The second-order valence-electron chi connectivity index (χ2n) is 5.43. The molecule has 2 atom stereocenters. The molecule has 0 aromatic heterocycles. The fourth-order valence-corrected chi connectivity index (χ4v) is 2.66. The number of hydrogen-bond donors (Lipinski definition) is 1. The van der Waals surface area contributed by atoms with Crippen molar-refractivity contribution in [1.29, 1.82) is 0 Å². The second-order valence-corrected chi connectivity index (χ2v) is 5.43. The van der Waals surface area contributed by atoms with Crippen molar-refractivity contribution in [3.05, 3.63) is 65.7 Å². The van der Waals surface area contributed by atoms with E-state index in [0.717, 1.165) is 17.7 Å². The number of hydrogen-bond acceptors (Lipinski definition) is 2. The maximum absolute atomic E-state index is 12.2. The Morgan fingerprint density at radius 1 is 1.19 bits per heavy atom. The van der Waals surface area contributed by atoms with Crippen molar-refractivity contribution >= 4 is 5.91 Å². The van der Waals surface area contributed by atoms with E-state index in [1.807, 2.05) is 42.5 Å². The highest BCUT2D eigenvalue weighted by Gasteiger charge is 2.43. The van der Waals surface area contributed by atoms with E-state index in [1.54, 1.807) is 7.11 Å². The summed E-state index contributed by atoms with van der Waals surface area (Å²) in [5.41, 5.74) is 2.32. The van der Waals surface area contributed by atoms with Crippen molar-refractivity contribution in [2.24, 2.45) is 5.92 Å². The molecule has 1 amide bonds. The van der Waals surface area contributed by atoms with Crippen LogP contribution in [-0.2, 0) is 11.3 Å². The number of rotatable bonds is 5. The van der Waals surface area contributed by atoms with E-state index in [9.17, 15) is 4.79 Å². The van der Waals surface area contributed by atoms with Crippen molar-refractivity contribution in [2.45, 2.75) is 18.9 Å². The standard InChI is InChI=1S/C18H19NO2/c1-21-15-9-5-6-13(10-15)12-19-18(20)17-11-16(17)14-7-3-2-4-8-14/h2-10,16-17H,11-12H2,1H3,(H,19,20)/t16-,17+/m1/s1. The SMILES string of the molecule is COc1cccc(CNC(=O)[C@H]2C[C@@H]2c2ccccc2)c1. The van der Waals surface area contributed by atoms with E-state index >= 15 is 0 Å². The van der Waals surface area contributed by atoms with Gasteiger partial charge in [-0.05, 0) is 35.6 Å². The third-order valence-corrected chi connectivity index (χ3v) is 3.96. The minimum Gasteiger partial charge on any atom is -0.497 e. The van der Waals surface area contributed by atoms with Gasteiger partial charge >= 0.3 is 0 Å². The first-order valence-corrected chi connectivity index (χ1v) is 7.23. The van der Waals surface area contributed by atoms with Gasteiger partial charge in [0.05, 0.1) is 7.11 Å². The minimum absolute atomic E-state index is 0.123. The lowest BCUT2D eigenvalue weighted by atomic mass is 10.1. The number of carbonyl (C=O) groups excluding carboxylic acids is 1. The van der Waals surface area contributed by atoms with Crippen molar-refractivity contribution in [2.75, 3.05) is 7.11 Å². The smallest absolute Gasteiger partial charge is 0.224 e. The molecule has 0 unspecified atom stereocenters. The van der Waals surface area contributed by atoms with Gasteiger partial charge in [0.1, 0.15) is 5.75 Å². The molecule has 108 valence electrons. The topological polar surface area (TPSA) is 38.3 Å². The molecule has 1 aliphatic rings. The Morgan fingerprint density at radius 2 is 2.00 bits per heavy atom. The fourth-order valence-electron chi connectivity index (χ4n) is 2.66. The first-order valence-electron chi connectivity index (χ1n) is 7.23. The van der Waals surface area contributed by atoms with Gasteiger partial charge in [0, 0.05) is 12.5 Å². The molecule has 21 heavy (non-hydrogen) atoms. The normalized spacial score (nSPS) is 19.9. The summed E-state index contributed by atoms with van der Waals surface area (Å²) in [7, 11) is 1.65. The van der Waals surface area contributed by atoms with Crippen LogP contribution >= 0.6 is 0 Å². The van der Waals surface area contributed by atoms with Crippen LogP contribution in [0.15, 0.2) is 54.6 Å². The Hall–Kier alpha value is -2.29. The second kappa shape index (κ2) is 6.00. The number of benzene rings is 2. The highest BCUT2D eigenvalue weighted by molar-refractivity contribution is 5.82. The van der Waals surface area contributed by atoms with E-state index in [0.29, 0.717) is 12.5 Å². The van der Waals surface area contributed by atoms with Gasteiger partial charge in [0.15, 0.2) is 0 Å². The summed E-state index contributed by atoms with van der Waals surface area (Å²) in [6, 6.07) is 18.0. The molecule has 3 nitrogen and oxygen atoms in total. The molecule has 0 bridgehead atoms. The molecule has 0 radical (unpaired) electrons. The maximum Gasteiger partial charge on any atom is 0.224 e. The van der Waals surface area contributed by atoms with Crippen molar-refractivity contribution in [3.8, 4) is 5.75 Å². The average molecular weight is 281 g/mol. The first-order chi connectivity index (χ1) is 10.3. The van der Waals surface area contributed by atoms with Crippen molar-refractivity contribution in [3.63, 3.8) is 0 Å². The van der Waals surface area contributed by atoms with Gasteiger partial charge in [0.25, 0.3) is 0 Å². The molecule has 0 aliphatic heterocycles. The molecule has 0 spiro atoms. The summed E-state index contributed by atoms with van der Waals surface area (Å²) in [6.45, 7) is 0.550. The molecule has 1 saturated carbocycles. The molecular formula is C18H19NO2. The lowest BCUT2D eigenvalue weighted by Gasteiger charge is -2.07. The summed E-state index contributed by atoms with van der Waals surface area (Å²) in [5.74, 6) is 1.47. The lowest BCUT2D eigenvalue weighted by molar-refractivity contribution is -0.122. The highest BCUT2D eigenvalue weighted by atomic mass is 16.5. The summed E-state index contributed by atoms with van der Waals surface area (Å²) < 4.78 is 5.18. The third-order valence-electron chi connectivity index (χ3n) is 3.96. The zero-order chi connectivity index (χ0) is 14.7. The Labute approximate surface area is 124 Å². The first kappa shape index (κ1) is 13.7. The predicted octanol–water partition coefficient (Wildman–Crippen LogP) is 3.12. The van der Waals surface area contributed by atoms with Gasteiger partial charge < -0.3 is 10.1 Å². The Bertz CT molecular complexity index is 624. The average Bonchev–Trinajstić information content (AvgIpc) is 3.34. The van der Waals surface area contributed by atoms with Crippen molar-refractivity contribution in [1.82, 2.24) is 5.32 Å². The molecule has 3 heteroatoms. The van der Waals surface area contributed by atoms with Gasteiger partial charge in [-0.15, -0.1) is 0 Å². The maximum atomic E-state index is 12.2. The van der Waals surface area contributed by atoms with E-state index in [2.05, 4.69) is 17.4 Å². The third kappa shape index (κ3) is 3.24. The van der Waals surface area contributed by atoms with Gasteiger partial charge in [-0.3, -0.25) is 4.79 Å². The number of carbonyl (C=O) groups is 1. The summed E-state index contributed by atoms with van der Waals surface area (Å²) >= 11 is 0. The molecule has 2 aromatic rings. The highest BCUT2D eigenvalue weighted by Crippen LogP contribution is 2.47. The van der Waals surface area contributed by atoms with Gasteiger partial charge in [0.2, 0.25) is 5.91 Å². The van der Waals surface area contributed by atoms with Crippen molar-refractivity contribution < 1.29 is 9.53 Å². The van der Waals surface area contributed by atoms with E-state index in [-0.39, 0.29) is 11.8 Å². The molecular weight excluding hydrogens is 262 g/mol. The van der Waals surface area contributed by atoms with Crippen LogP contribution in [0.25, 0.3) is 0 Å². The molecule has 1 N–H and O–H groups in total. The zero-order valence-corrected chi connectivity index (χ0v) is 12.1. The van der Waals surface area contributed by atoms with Crippen LogP contribution < -0.4 is 10.1 Å². The summed E-state index contributed by atoms with van der Waals surface area (Å²) in [4.78, 5) is 12.2. The van der Waals surface area contributed by atoms with Crippen LogP contribution in [0.3, 0.4) is 0 Å². The number of methoxy groups -OCH3 is 1. The molecule has 0 heterocycles. The Balaban J connectivity index is 1.54. The molecule has 3 rings (SSSR count). The Morgan fingerprint density at radius 3 is 2.76 bits per heavy atom. The summed E-state index contributed by atoms with van der Waals surface area (Å²) in [5, 5.41) is 3.02. The fraction of sp³-hybridized carbons (Fsp3) is 0.278. The lowest BCUT2D eigenvalue weighted by Crippen LogP contribution is -2.24. The number of nitrogens with one attached hydrogen (secondary N) is 1. The van der Waals surface area contributed by atoms with Crippen LogP contribution in [0.1, 0.15) is 23.5 Å². The largest absolute Gasteiger partial charge is 0.497 e. The number of amides is 1. The van der Waals surface area contributed by atoms with Crippen LogP contribution in [0.5, 0.6) is 5.75 Å². The molecule has 1 aliphatic carbocycles. The zero-order valence-electron chi connectivity index (χ0n) is 12.1. The van der Waals surface area contributed by atoms with E-state index < -0.39 is 0 Å². The predicted molar refractivity (Wildman–Crippen MR) is 82.1 cm³/mol. The van der Waals surface area contributed by atoms with Crippen LogP contribution in [0.2, 0.25) is 0 Å². The molecule has 2 aromatic carbocycles. The van der Waals surface area contributed by atoms with Crippen LogP contribution in [-0.4, -0.2) is 13.0 Å². The van der Waals surface area contributed by atoms with Gasteiger partial charge in [-0.25, -0.2) is 0 Å². The van der Waals surface area contributed by atoms with E-state index in [4.69, 9.17) is 4.74 Å². The molecule has 0 saturated heterocycles. The monoisotopic (exact) mass is 281 g/mol. The van der Waals surface area contributed by atoms with Gasteiger partial charge in [-0.2, -0.15) is 0 Å². The van der Waals surface area contributed by atoms with Crippen LogP contribution in [0.4, 0.5) is 0 Å². The quantitative estimate of drug-likeness (QED) is 0.914. The van der Waals surface area contributed by atoms with Crippen LogP contribution in [0, 0.1) is 5.92 Å². The minimum atomic E-state index is 0.123. The van der Waals surface area contributed by atoms with Gasteiger partial charge in [-0.1, -0.05) is 42.5 Å². The Kier molecular flexibility index (Phi) is 3.91.